The van der Waals surface area contributed by atoms with E-state index in [1.807, 2.05) is 0 Å². The number of nitrogens with two attached hydrogens (primary N) is 1. The molecule has 3 N–H and O–H groups in total. The van der Waals surface area contributed by atoms with Crippen LogP contribution in [0.1, 0.15) is 45.6 Å². The van der Waals surface area contributed by atoms with Crippen LogP contribution in [0.2, 0.25) is 0 Å². The van der Waals surface area contributed by atoms with Crippen LogP contribution in [0.15, 0.2) is 18.2 Å². The number of anilines is 1. The zero-order valence-corrected chi connectivity index (χ0v) is 12.8. The van der Waals surface area contributed by atoms with Crippen LogP contribution in [0.4, 0.5) is 14.9 Å². The van der Waals surface area contributed by atoms with E-state index in [0.29, 0.717) is 17.8 Å². The van der Waals surface area contributed by atoms with Gasteiger partial charge < -0.3 is 10.5 Å². The second-order valence-electron chi connectivity index (χ2n) is 6.64. The lowest BCUT2D eigenvalue weighted by Gasteiger charge is -2.21. The zero-order chi connectivity index (χ0) is 15.7. The number of amides is 1. The minimum absolute atomic E-state index is 0.148. The molecule has 1 aromatic carbocycles. The maximum Gasteiger partial charge on any atom is 0.412 e. The van der Waals surface area contributed by atoms with Crippen LogP contribution in [-0.2, 0) is 10.2 Å². The highest BCUT2D eigenvalue weighted by molar-refractivity contribution is 5.85. The third-order valence-corrected chi connectivity index (χ3v) is 3.66. The molecule has 2 rings (SSSR count). The summed E-state index contributed by atoms with van der Waals surface area (Å²) in [6.45, 7) is 5.92. The highest BCUT2D eigenvalue weighted by Crippen LogP contribution is 2.52. The SMILES string of the molecule is CC(C)(C)OC(=O)Nc1ccc(F)c(C2(CCN)CC2)c1. The topological polar surface area (TPSA) is 64.3 Å². The van der Waals surface area contributed by atoms with E-state index in [1.165, 1.54) is 6.07 Å². The first-order valence-corrected chi connectivity index (χ1v) is 7.26. The molecular weight excluding hydrogens is 271 g/mol. The van der Waals surface area contributed by atoms with Gasteiger partial charge in [-0.15, -0.1) is 0 Å². The Hall–Kier alpha value is -1.62. The molecule has 4 nitrogen and oxygen atoms in total. The molecule has 0 aliphatic heterocycles. The molecule has 1 amide bonds. The number of carbonyl (C=O) groups is 1. The van der Waals surface area contributed by atoms with Crippen molar-refractivity contribution in [3.05, 3.63) is 29.6 Å². The summed E-state index contributed by atoms with van der Waals surface area (Å²) in [5, 5.41) is 2.65. The molecule has 1 fully saturated rings. The normalized spacial score (nSPS) is 16.4. The van der Waals surface area contributed by atoms with Gasteiger partial charge in [0.25, 0.3) is 0 Å². The summed E-state index contributed by atoms with van der Waals surface area (Å²) in [6.07, 6.45) is 2.11. The lowest BCUT2D eigenvalue weighted by Crippen LogP contribution is -2.27. The Kier molecular flexibility index (Phi) is 4.23. The van der Waals surface area contributed by atoms with Gasteiger partial charge >= 0.3 is 6.09 Å². The molecule has 1 aromatic rings. The summed E-state index contributed by atoms with van der Waals surface area (Å²) in [4.78, 5) is 11.8. The largest absolute Gasteiger partial charge is 0.444 e. The lowest BCUT2D eigenvalue weighted by molar-refractivity contribution is 0.0636. The minimum atomic E-state index is -0.565. The first-order valence-electron chi connectivity index (χ1n) is 7.26. The second-order valence-corrected chi connectivity index (χ2v) is 6.64. The molecule has 21 heavy (non-hydrogen) atoms. The number of rotatable bonds is 4. The monoisotopic (exact) mass is 294 g/mol. The van der Waals surface area contributed by atoms with E-state index >= 15 is 0 Å². The number of carbonyl (C=O) groups excluding carboxylic acids is 1. The molecule has 0 spiro atoms. The van der Waals surface area contributed by atoms with Crippen LogP contribution in [-0.4, -0.2) is 18.2 Å². The Morgan fingerprint density at radius 3 is 2.62 bits per heavy atom. The van der Waals surface area contributed by atoms with Crippen molar-refractivity contribution >= 4 is 11.8 Å². The van der Waals surface area contributed by atoms with Gasteiger partial charge in [-0.1, -0.05) is 0 Å². The van der Waals surface area contributed by atoms with Crippen LogP contribution < -0.4 is 11.1 Å². The summed E-state index contributed by atoms with van der Waals surface area (Å²) in [5.74, 6) is -0.240. The molecule has 1 aliphatic carbocycles. The first kappa shape index (κ1) is 15.8. The highest BCUT2D eigenvalue weighted by Gasteiger charge is 2.45. The summed E-state index contributed by atoms with van der Waals surface area (Å²) in [7, 11) is 0. The molecule has 0 aromatic heterocycles. The smallest absolute Gasteiger partial charge is 0.412 e. The van der Waals surface area contributed by atoms with Gasteiger partial charge in [-0.25, -0.2) is 9.18 Å². The van der Waals surface area contributed by atoms with Crippen molar-refractivity contribution in [3.63, 3.8) is 0 Å². The van der Waals surface area contributed by atoms with Gasteiger partial charge in [0.05, 0.1) is 0 Å². The maximum absolute atomic E-state index is 14.1. The highest BCUT2D eigenvalue weighted by atomic mass is 19.1. The zero-order valence-electron chi connectivity index (χ0n) is 12.8. The van der Waals surface area contributed by atoms with Crippen LogP contribution in [0.5, 0.6) is 0 Å². The predicted molar refractivity (Wildman–Crippen MR) is 80.8 cm³/mol. The van der Waals surface area contributed by atoms with Gasteiger partial charge in [-0.2, -0.15) is 0 Å². The number of halogens is 1. The molecule has 1 aliphatic rings. The molecule has 1 saturated carbocycles. The standard InChI is InChI=1S/C16H23FN2O2/c1-15(2,3)21-14(20)19-11-4-5-13(17)12(10-11)16(6-7-16)8-9-18/h4-5,10H,6-9,18H2,1-3H3,(H,19,20). The van der Waals surface area contributed by atoms with Crippen LogP contribution in [0.3, 0.4) is 0 Å². The molecule has 0 radical (unpaired) electrons. The summed E-state index contributed by atoms with van der Waals surface area (Å²) >= 11 is 0. The predicted octanol–water partition coefficient (Wildman–Crippen LogP) is 3.55. The third kappa shape index (κ3) is 3.94. The van der Waals surface area contributed by atoms with Crippen molar-refractivity contribution in [2.24, 2.45) is 5.73 Å². The fourth-order valence-corrected chi connectivity index (χ4v) is 2.51. The van der Waals surface area contributed by atoms with Crippen LogP contribution in [0, 0.1) is 5.82 Å². The van der Waals surface area contributed by atoms with Crippen LogP contribution >= 0.6 is 0 Å². The van der Waals surface area contributed by atoms with E-state index in [-0.39, 0.29) is 11.2 Å². The van der Waals surface area contributed by atoms with Crippen molar-refractivity contribution in [3.8, 4) is 0 Å². The molecule has 5 heteroatoms. The Morgan fingerprint density at radius 2 is 2.10 bits per heavy atom. The Bertz CT molecular complexity index is 534. The third-order valence-electron chi connectivity index (χ3n) is 3.66. The number of ether oxygens (including phenoxy) is 1. The average Bonchev–Trinajstić information content (AvgIpc) is 3.10. The molecule has 0 saturated heterocycles. The van der Waals surface area contributed by atoms with Gasteiger partial charge in [0.1, 0.15) is 11.4 Å². The fraction of sp³-hybridized carbons (Fsp3) is 0.562. The molecule has 0 heterocycles. The average molecular weight is 294 g/mol. The Labute approximate surface area is 124 Å². The van der Waals surface area contributed by atoms with E-state index < -0.39 is 11.7 Å². The van der Waals surface area contributed by atoms with Gasteiger partial charge in [0, 0.05) is 5.69 Å². The van der Waals surface area contributed by atoms with E-state index in [4.69, 9.17) is 10.5 Å². The second kappa shape index (κ2) is 5.64. The Morgan fingerprint density at radius 1 is 1.43 bits per heavy atom. The van der Waals surface area contributed by atoms with Crippen molar-refractivity contribution in [2.45, 2.75) is 51.0 Å². The van der Waals surface area contributed by atoms with Gasteiger partial charge in [0.15, 0.2) is 0 Å². The number of hydrogen-bond donors (Lipinski definition) is 2. The van der Waals surface area contributed by atoms with E-state index in [2.05, 4.69) is 5.32 Å². The van der Waals surface area contributed by atoms with Crippen LogP contribution in [0.25, 0.3) is 0 Å². The molecular formula is C16H23FN2O2. The number of nitrogens with one attached hydrogen (secondary N) is 1. The van der Waals surface area contributed by atoms with Gasteiger partial charge in [-0.05, 0) is 75.8 Å². The minimum Gasteiger partial charge on any atom is -0.444 e. The number of benzene rings is 1. The van der Waals surface area contributed by atoms with Crippen molar-refractivity contribution < 1.29 is 13.9 Å². The Balaban J connectivity index is 2.14. The van der Waals surface area contributed by atoms with E-state index in [1.54, 1.807) is 32.9 Å². The van der Waals surface area contributed by atoms with Gasteiger partial charge in [0.2, 0.25) is 0 Å². The van der Waals surface area contributed by atoms with Gasteiger partial charge in [-0.3, -0.25) is 5.32 Å². The first-order chi connectivity index (χ1) is 9.76. The quantitative estimate of drug-likeness (QED) is 0.892. The van der Waals surface area contributed by atoms with E-state index in [9.17, 15) is 9.18 Å². The van der Waals surface area contributed by atoms with Crippen molar-refractivity contribution in [2.75, 3.05) is 11.9 Å². The maximum atomic E-state index is 14.1. The molecule has 0 bridgehead atoms. The molecule has 0 atom stereocenters. The molecule has 0 unspecified atom stereocenters. The number of hydrogen-bond acceptors (Lipinski definition) is 3. The summed E-state index contributed by atoms with van der Waals surface area (Å²) < 4.78 is 19.2. The van der Waals surface area contributed by atoms with Crippen molar-refractivity contribution in [1.82, 2.24) is 0 Å². The summed E-state index contributed by atoms with van der Waals surface area (Å²) in [6, 6.07) is 4.63. The lowest BCUT2D eigenvalue weighted by atomic mass is 9.91. The van der Waals surface area contributed by atoms with Crippen molar-refractivity contribution in [1.29, 1.82) is 0 Å². The van der Waals surface area contributed by atoms with E-state index in [0.717, 1.165) is 19.3 Å². The summed E-state index contributed by atoms with van der Waals surface area (Å²) in [5.41, 5.74) is 6.09. The fourth-order valence-electron chi connectivity index (χ4n) is 2.51. The molecule has 116 valence electrons.